The summed E-state index contributed by atoms with van der Waals surface area (Å²) in [5.41, 5.74) is 1.82. The fraction of sp³-hybridized carbons (Fsp3) is 0.227. The first-order chi connectivity index (χ1) is 14.5. The largest absolute Gasteiger partial charge is 0.441 e. The summed E-state index contributed by atoms with van der Waals surface area (Å²) in [6.07, 6.45) is 3.31. The lowest BCUT2D eigenvalue weighted by atomic mass is 10.0. The van der Waals surface area contributed by atoms with Gasteiger partial charge in [-0.3, -0.25) is 9.78 Å². The van der Waals surface area contributed by atoms with Gasteiger partial charge in [-0.15, -0.1) is 0 Å². The van der Waals surface area contributed by atoms with Gasteiger partial charge in [0.25, 0.3) is 5.91 Å². The molecule has 1 atom stereocenters. The maximum absolute atomic E-state index is 12.9. The van der Waals surface area contributed by atoms with Crippen LogP contribution in [0.1, 0.15) is 42.0 Å². The van der Waals surface area contributed by atoms with Crippen molar-refractivity contribution >= 4 is 5.91 Å². The summed E-state index contributed by atoms with van der Waals surface area (Å²) in [6, 6.07) is 12.6. The SMILES string of the molecule is Cc1oc(-c2ccccc2)nc1C(=O)NC(c1nc(-c2ccncc2)no1)C(C)C. The first-order valence-electron chi connectivity index (χ1n) is 9.60. The number of hydrogen-bond acceptors (Lipinski definition) is 7. The van der Waals surface area contributed by atoms with Crippen molar-refractivity contribution in [2.24, 2.45) is 5.92 Å². The van der Waals surface area contributed by atoms with E-state index in [1.165, 1.54) is 0 Å². The number of hydrogen-bond donors (Lipinski definition) is 1. The molecular formula is C22H21N5O3. The van der Waals surface area contributed by atoms with Crippen molar-refractivity contribution in [3.8, 4) is 22.8 Å². The Labute approximate surface area is 173 Å². The number of carbonyl (C=O) groups is 1. The van der Waals surface area contributed by atoms with Crippen molar-refractivity contribution in [3.05, 3.63) is 72.2 Å². The Kier molecular flexibility index (Phi) is 5.38. The summed E-state index contributed by atoms with van der Waals surface area (Å²) in [5.74, 6) is 1.26. The highest BCUT2D eigenvalue weighted by molar-refractivity contribution is 5.93. The Morgan fingerprint density at radius 2 is 1.73 bits per heavy atom. The zero-order valence-corrected chi connectivity index (χ0v) is 16.9. The van der Waals surface area contributed by atoms with Crippen molar-refractivity contribution in [2.45, 2.75) is 26.8 Å². The lowest BCUT2D eigenvalue weighted by molar-refractivity contribution is 0.0908. The highest BCUT2D eigenvalue weighted by atomic mass is 16.5. The number of nitrogens with one attached hydrogen (secondary N) is 1. The maximum Gasteiger partial charge on any atom is 0.274 e. The molecule has 0 aliphatic carbocycles. The number of aromatic nitrogens is 4. The van der Waals surface area contributed by atoms with Crippen LogP contribution in [0.4, 0.5) is 0 Å². The van der Waals surface area contributed by atoms with Crippen LogP contribution in [0.15, 0.2) is 63.8 Å². The Morgan fingerprint density at radius 3 is 2.43 bits per heavy atom. The monoisotopic (exact) mass is 403 g/mol. The molecule has 3 aromatic heterocycles. The Bertz CT molecular complexity index is 1140. The van der Waals surface area contributed by atoms with Gasteiger partial charge in [-0.25, -0.2) is 4.98 Å². The van der Waals surface area contributed by atoms with Crippen LogP contribution in [0.3, 0.4) is 0 Å². The number of pyridine rings is 1. The minimum atomic E-state index is -0.475. The molecule has 3 heterocycles. The smallest absolute Gasteiger partial charge is 0.274 e. The second-order valence-electron chi connectivity index (χ2n) is 7.18. The number of carbonyl (C=O) groups excluding carboxylic acids is 1. The average Bonchev–Trinajstić information content (AvgIpc) is 3.40. The van der Waals surface area contributed by atoms with E-state index >= 15 is 0 Å². The molecule has 0 aliphatic heterocycles. The van der Waals surface area contributed by atoms with Gasteiger partial charge in [0.15, 0.2) is 5.69 Å². The zero-order valence-electron chi connectivity index (χ0n) is 16.9. The summed E-state index contributed by atoms with van der Waals surface area (Å²) in [7, 11) is 0. The van der Waals surface area contributed by atoms with Gasteiger partial charge < -0.3 is 14.3 Å². The predicted octanol–water partition coefficient (Wildman–Crippen LogP) is 4.22. The molecule has 1 unspecified atom stereocenters. The second-order valence-corrected chi connectivity index (χ2v) is 7.18. The molecule has 30 heavy (non-hydrogen) atoms. The molecule has 1 amide bonds. The second kappa shape index (κ2) is 8.28. The van der Waals surface area contributed by atoms with E-state index in [0.717, 1.165) is 11.1 Å². The van der Waals surface area contributed by atoms with Gasteiger partial charge in [-0.05, 0) is 37.1 Å². The summed E-state index contributed by atoms with van der Waals surface area (Å²) in [4.78, 5) is 25.8. The topological polar surface area (TPSA) is 107 Å². The molecule has 0 aliphatic rings. The van der Waals surface area contributed by atoms with E-state index in [9.17, 15) is 4.79 Å². The van der Waals surface area contributed by atoms with Gasteiger partial charge in [0.05, 0.1) is 0 Å². The van der Waals surface area contributed by atoms with Gasteiger partial charge >= 0.3 is 0 Å². The molecule has 1 aromatic carbocycles. The molecule has 1 N–H and O–H groups in total. The molecule has 8 heteroatoms. The van der Waals surface area contributed by atoms with E-state index in [4.69, 9.17) is 8.94 Å². The summed E-state index contributed by atoms with van der Waals surface area (Å²) in [5, 5.41) is 6.98. The first kappa shape index (κ1) is 19.5. The highest BCUT2D eigenvalue weighted by Crippen LogP contribution is 2.25. The molecule has 0 saturated carbocycles. The van der Waals surface area contributed by atoms with Crippen LogP contribution in [0.5, 0.6) is 0 Å². The molecule has 0 fully saturated rings. The van der Waals surface area contributed by atoms with E-state index in [0.29, 0.717) is 23.4 Å². The Balaban J connectivity index is 1.57. The van der Waals surface area contributed by atoms with E-state index in [1.807, 2.05) is 44.2 Å². The maximum atomic E-state index is 12.9. The summed E-state index contributed by atoms with van der Waals surface area (Å²) < 4.78 is 11.1. The molecule has 4 aromatic rings. The van der Waals surface area contributed by atoms with Crippen LogP contribution in [0.25, 0.3) is 22.8 Å². The van der Waals surface area contributed by atoms with Gasteiger partial charge in [-0.2, -0.15) is 4.98 Å². The molecule has 152 valence electrons. The minimum Gasteiger partial charge on any atom is -0.441 e. The third kappa shape index (κ3) is 3.98. The molecule has 4 rings (SSSR count). The van der Waals surface area contributed by atoms with Crippen LogP contribution >= 0.6 is 0 Å². The zero-order chi connectivity index (χ0) is 21.1. The van der Waals surface area contributed by atoms with Crippen LogP contribution < -0.4 is 5.32 Å². The van der Waals surface area contributed by atoms with Gasteiger partial charge in [0.2, 0.25) is 17.6 Å². The minimum absolute atomic E-state index is 0.0143. The van der Waals surface area contributed by atoms with Crippen LogP contribution in [-0.2, 0) is 0 Å². The summed E-state index contributed by atoms with van der Waals surface area (Å²) in [6.45, 7) is 5.64. The number of rotatable bonds is 6. The molecule has 0 bridgehead atoms. The number of nitrogens with zero attached hydrogens (tertiary/aromatic N) is 4. The van der Waals surface area contributed by atoms with Crippen LogP contribution in [0.2, 0.25) is 0 Å². The van der Waals surface area contributed by atoms with Crippen LogP contribution in [0, 0.1) is 12.8 Å². The number of oxazole rings is 1. The molecule has 0 radical (unpaired) electrons. The Morgan fingerprint density at radius 1 is 1.00 bits per heavy atom. The van der Waals surface area contributed by atoms with E-state index < -0.39 is 6.04 Å². The average molecular weight is 403 g/mol. The Hall–Kier alpha value is -3.81. The fourth-order valence-corrected chi connectivity index (χ4v) is 3.01. The van der Waals surface area contributed by atoms with Crippen LogP contribution in [-0.4, -0.2) is 26.0 Å². The third-order valence-electron chi connectivity index (χ3n) is 4.63. The molecule has 0 spiro atoms. The van der Waals surface area contributed by atoms with Gasteiger partial charge in [0, 0.05) is 23.5 Å². The van der Waals surface area contributed by atoms with Crippen molar-refractivity contribution in [1.29, 1.82) is 0 Å². The third-order valence-corrected chi connectivity index (χ3v) is 4.63. The quantitative estimate of drug-likeness (QED) is 0.513. The predicted molar refractivity (Wildman–Crippen MR) is 109 cm³/mol. The van der Waals surface area contributed by atoms with Crippen molar-refractivity contribution < 1.29 is 13.7 Å². The number of benzene rings is 1. The lowest BCUT2D eigenvalue weighted by Crippen LogP contribution is -2.32. The fourth-order valence-electron chi connectivity index (χ4n) is 3.01. The highest BCUT2D eigenvalue weighted by Gasteiger charge is 2.28. The number of aryl methyl sites for hydroxylation is 1. The van der Waals surface area contributed by atoms with Gasteiger partial charge in [-0.1, -0.05) is 37.2 Å². The van der Waals surface area contributed by atoms with Crippen molar-refractivity contribution in [3.63, 3.8) is 0 Å². The van der Waals surface area contributed by atoms with Crippen molar-refractivity contribution in [1.82, 2.24) is 25.4 Å². The molecule has 0 saturated heterocycles. The number of amides is 1. The van der Waals surface area contributed by atoms with E-state index in [1.54, 1.807) is 31.5 Å². The van der Waals surface area contributed by atoms with E-state index in [2.05, 4.69) is 25.4 Å². The molecule has 8 nitrogen and oxygen atoms in total. The lowest BCUT2D eigenvalue weighted by Gasteiger charge is -2.17. The van der Waals surface area contributed by atoms with Gasteiger partial charge in [0.1, 0.15) is 11.8 Å². The first-order valence-corrected chi connectivity index (χ1v) is 9.60. The standard InChI is InChI=1S/C22H21N5O3/c1-13(2)17(22-26-19(27-30-22)15-9-11-23-12-10-15)24-20(28)18-14(3)29-21(25-18)16-7-5-4-6-8-16/h4-13,17H,1-3H3,(H,24,28). The summed E-state index contributed by atoms with van der Waals surface area (Å²) >= 11 is 0. The van der Waals surface area contributed by atoms with E-state index in [-0.39, 0.29) is 17.5 Å². The molecular weight excluding hydrogens is 382 g/mol. The normalized spacial score (nSPS) is 12.1. The van der Waals surface area contributed by atoms with Crippen molar-refractivity contribution in [2.75, 3.05) is 0 Å².